The van der Waals surface area contributed by atoms with E-state index in [0.29, 0.717) is 6.54 Å². The summed E-state index contributed by atoms with van der Waals surface area (Å²) < 4.78 is 2.79. The number of halogens is 1. The molecule has 0 aliphatic carbocycles. The Morgan fingerprint density at radius 1 is 1.23 bits per heavy atom. The Morgan fingerprint density at radius 2 is 2.00 bits per heavy atom. The van der Waals surface area contributed by atoms with Crippen molar-refractivity contribution < 1.29 is 4.79 Å². The Kier molecular flexibility index (Phi) is 5.68. The summed E-state index contributed by atoms with van der Waals surface area (Å²) in [5, 5.41) is 4.37. The molecule has 132 valence electrons. The molecule has 1 heterocycles. The minimum absolute atomic E-state index is 0.0510. The van der Waals surface area contributed by atoms with Crippen molar-refractivity contribution in [3.05, 3.63) is 88.2 Å². The van der Waals surface area contributed by atoms with Crippen LogP contribution in [0.15, 0.2) is 71.5 Å². The molecule has 4 nitrogen and oxygen atoms in total. The van der Waals surface area contributed by atoms with E-state index in [0.717, 1.165) is 21.3 Å². The number of benzene rings is 2. The lowest BCUT2D eigenvalue weighted by Gasteiger charge is -2.13. The smallest absolute Gasteiger partial charge is 0.246 e. The van der Waals surface area contributed by atoms with Gasteiger partial charge in [-0.05, 0) is 42.3 Å². The van der Waals surface area contributed by atoms with E-state index >= 15 is 0 Å². The Bertz CT molecular complexity index is 931. The van der Waals surface area contributed by atoms with Gasteiger partial charge < -0.3 is 4.90 Å². The molecular weight excluding hydrogens is 390 g/mol. The molecule has 0 atom stereocenters. The van der Waals surface area contributed by atoms with Crippen molar-refractivity contribution >= 4 is 27.9 Å². The predicted octanol–water partition coefficient (Wildman–Crippen LogP) is 4.62. The summed E-state index contributed by atoms with van der Waals surface area (Å²) in [4.78, 5) is 14.0. The Morgan fingerprint density at radius 3 is 2.73 bits per heavy atom. The highest BCUT2D eigenvalue weighted by Crippen LogP contribution is 2.19. The number of para-hydroxylation sites is 1. The van der Waals surface area contributed by atoms with Gasteiger partial charge in [-0.2, -0.15) is 5.10 Å². The van der Waals surface area contributed by atoms with Crippen molar-refractivity contribution in [2.75, 3.05) is 7.05 Å². The first-order valence-electron chi connectivity index (χ1n) is 8.31. The maximum absolute atomic E-state index is 12.4. The number of likely N-dealkylation sites (N-methyl/N-ethyl adjacent to an activating group) is 1. The van der Waals surface area contributed by atoms with E-state index in [-0.39, 0.29) is 5.91 Å². The van der Waals surface area contributed by atoms with Gasteiger partial charge in [0, 0.05) is 35.9 Å². The third-order valence-corrected chi connectivity index (χ3v) is 4.70. The number of aromatic nitrogens is 2. The van der Waals surface area contributed by atoms with Gasteiger partial charge in [0.1, 0.15) is 0 Å². The number of hydrogen-bond donors (Lipinski definition) is 0. The van der Waals surface area contributed by atoms with Crippen LogP contribution in [0, 0.1) is 6.92 Å². The van der Waals surface area contributed by atoms with Crippen molar-refractivity contribution in [1.82, 2.24) is 14.7 Å². The number of rotatable bonds is 5. The molecule has 2 aromatic carbocycles. The van der Waals surface area contributed by atoms with E-state index < -0.39 is 0 Å². The van der Waals surface area contributed by atoms with Crippen molar-refractivity contribution in [3.63, 3.8) is 0 Å². The number of hydrogen-bond acceptors (Lipinski definition) is 2. The van der Waals surface area contributed by atoms with Gasteiger partial charge in [-0.15, -0.1) is 0 Å². The molecule has 26 heavy (non-hydrogen) atoms. The molecule has 0 unspecified atom stereocenters. The van der Waals surface area contributed by atoms with Crippen molar-refractivity contribution in [1.29, 1.82) is 0 Å². The molecule has 0 bridgehead atoms. The monoisotopic (exact) mass is 409 g/mol. The number of nitrogens with zero attached hydrogens (tertiary/aromatic N) is 3. The van der Waals surface area contributed by atoms with E-state index in [1.165, 1.54) is 5.56 Å². The van der Waals surface area contributed by atoms with Crippen LogP contribution in [0.1, 0.15) is 16.7 Å². The second kappa shape index (κ2) is 8.15. The number of carbonyl (C=O) groups is 1. The second-order valence-electron chi connectivity index (χ2n) is 6.18. The maximum atomic E-state index is 12.4. The van der Waals surface area contributed by atoms with E-state index in [1.807, 2.05) is 72.4 Å². The SMILES string of the molecule is Cc1ccc(/C=C/C(=O)N(C)Cc2cnn(-c3ccccc3)c2)c(Br)c1. The van der Waals surface area contributed by atoms with Gasteiger partial charge >= 0.3 is 0 Å². The molecule has 3 rings (SSSR count). The second-order valence-corrected chi connectivity index (χ2v) is 7.04. The van der Waals surface area contributed by atoms with E-state index in [9.17, 15) is 4.79 Å². The molecule has 0 spiro atoms. The van der Waals surface area contributed by atoms with Crippen LogP contribution in [0.5, 0.6) is 0 Å². The summed E-state index contributed by atoms with van der Waals surface area (Å²) >= 11 is 3.53. The number of amides is 1. The largest absolute Gasteiger partial charge is 0.338 e. The highest BCUT2D eigenvalue weighted by Gasteiger charge is 2.08. The zero-order valence-electron chi connectivity index (χ0n) is 14.8. The average Bonchev–Trinajstić information content (AvgIpc) is 3.10. The number of carbonyl (C=O) groups excluding carboxylic acids is 1. The summed E-state index contributed by atoms with van der Waals surface area (Å²) in [5.74, 6) is -0.0510. The normalized spacial score (nSPS) is 11.0. The first kappa shape index (κ1) is 18.1. The Balaban J connectivity index is 1.64. The Labute approximate surface area is 161 Å². The molecule has 3 aromatic rings. The van der Waals surface area contributed by atoms with Crippen LogP contribution in [0.2, 0.25) is 0 Å². The quantitative estimate of drug-likeness (QED) is 0.576. The maximum Gasteiger partial charge on any atom is 0.246 e. The van der Waals surface area contributed by atoms with Gasteiger partial charge in [0.25, 0.3) is 0 Å². The molecule has 0 fully saturated rings. The van der Waals surface area contributed by atoms with Crippen molar-refractivity contribution in [2.45, 2.75) is 13.5 Å². The summed E-state index contributed by atoms with van der Waals surface area (Å²) in [6.07, 6.45) is 7.16. The minimum Gasteiger partial charge on any atom is -0.338 e. The topological polar surface area (TPSA) is 38.1 Å². The molecule has 0 radical (unpaired) electrons. The number of aryl methyl sites for hydroxylation is 1. The predicted molar refractivity (Wildman–Crippen MR) is 108 cm³/mol. The van der Waals surface area contributed by atoms with Gasteiger partial charge in [0.15, 0.2) is 0 Å². The van der Waals surface area contributed by atoms with Crippen LogP contribution < -0.4 is 0 Å². The molecule has 0 saturated carbocycles. The Hall–Kier alpha value is -2.66. The van der Waals surface area contributed by atoms with E-state index in [2.05, 4.69) is 21.0 Å². The van der Waals surface area contributed by atoms with Crippen LogP contribution in [-0.4, -0.2) is 27.6 Å². The third kappa shape index (κ3) is 4.49. The summed E-state index contributed by atoms with van der Waals surface area (Å²) in [6, 6.07) is 16.0. The van der Waals surface area contributed by atoms with Gasteiger partial charge in [-0.1, -0.05) is 46.3 Å². The fourth-order valence-electron chi connectivity index (χ4n) is 2.57. The van der Waals surface area contributed by atoms with Crippen LogP contribution >= 0.6 is 15.9 Å². The minimum atomic E-state index is -0.0510. The lowest BCUT2D eigenvalue weighted by Crippen LogP contribution is -2.23. The first-order valence-corrected chi connectivity index (χ1v) is 9.10. The van der Waals surface area contributed by atoms with Crippen LogP contribution in [0.25, 0.3) is 11.8 Å². The van der Waals surface area contributed by atoms with E-state index in [1.54, 1.807) is 24.2 Å². The van der Waals surface area contributed by atoms with Crippen molar-refractivity contribution in [3.8, 4) is 5.69 Å². The van der Waals surface area contributed by atoms with Gasteiger partial charge in [0.05, 0.1) is 11.9 Å². The molecule has 5 heteroatoms. The van der Waals surface area contributed by atoms with Gasteiger partial charge in [0.2, 0.25) is 5.91 Å². The van der Waals surface area contributed by atoms with E-state index in [4.69, 9.17) is 0 Å². The zero-order chi connectivity index (χ0) is 18.5. The molecule has 0 saturated heterocycles. The molecule has 0 N–H and O–H groups in total. The molecular formula is C21H20BrN3O. The lowest BCUT2D eigenvalue weighted by molar-refractivity contribution is -0.125. The van der Waals surface area contributed by atoms with Gasteiger partial charge in [-0.3, -0.25) is 4.79 Å². The average molecular weight is 410 g/mol. The molecule has 1 amide bonds. The first-order chi connectivity index (χ1) is 12.5. The van der Waals surface area contributed by atoms with Crippen LogP contribution in [-0.2, 0) is 11.3 Å². The lowest BCUT2D eigenvalue weighted by atomic mass is 10.1. The fraction of sp³-hybridized carbons (Fsp3) is 0.143. The van der Waals surface area contributed by atoms with Crippen molar-refractivity contribution in [2.24, 2.45) is 0 Å². The van der Waals surface area contributed by atoms with Crippen LogP contribution in [0.3, 0.4) is 0 Å². The summed E-state index contributed by atoms with van der Waals surface area (Å²) in [7, 11) is 1.79. The standard InChI is InChI=1S/C21H20BrN3O/c1-16-8-9-18(20(22)12-16)10-11-21(26)24(2)14-17-13-23-25(15-17)19-6-4-3-5-7-19/h3-13,15H,14H2,1-2H3/b11-10+. The molecule has 1 aromatic heterocycles. The summed E-state index contributed by atoms with van der Waals surface area (Å²) in [6.45, 7) is 2.54. The summed E-state index contributed by atoms with van der Waals surface area (Å²) in [5.41, 5.74) is 4.13. The fourth-order valence-corrected chi connectivity index (χ4v) is 3.20. The van der Waals surface area contributed by atoms with Crippen LogP contribution in [0.4, 0.5) is 0 Å². The molecule has 0 aliphatic heterocycles. The highest BCUT2D eigenvalue weighted by molar-refractivity contribution is 9.10. The zero-order valence-corrected chi connectivity index (χ0v) is 16.3. The molecule has 0 aliphatic rings. The highest BCUT2D eigenvalue weighted by atomic mass is 79.9. The third-order valence-electron chi connectivity index (χ3n) is 4.01. The van der Waals surface area contributed by atoms with Gasteiger partial charge in [-0.25, -0.2) is 4.68 Å².